The Labute approximate surface area is 83.9 Å². The highest BCUT2D eigenvalue weighted by atomic mass is 16.3. The van der Waals surface area contributed by atoms with Gasteiger partial charge in [-0.3, -0.25) is 4.68 Å². The van der Waals surface area contributed by atoms with E-state index < -0.39 is 0 Å². The second-order valence-corrected chi connectivity index (χ2v) is 3.64. The van der Waals surface area contributed by atoms with Gasteiger partial charge in [-0.25, -0.2) is 0 Å². The Balaban J connectivity index is 2.51. The summed E-state index contributed by atoms with van der Waals surface area (Å²) in [6.07, 6.45) is 2.78. The molecule has 1 aromatic rings. The van der Waals surface area contributed by atoms with Gasteiger partial charge in [0.25, 0.3) is 0 Å². The quantitative estimate of drug-likeness (QED) is 0.705. The summed E-state index contributed by atoms with van der Waals surface area (Å²) in [7, 11) is 0. The molecule has 1 aromatic heterocycles. The Morgan fingerprint density at radius 1 is 1.64 bits per heavy atom. The van der Waals surface area contributed by atoms with Gasteiger partial charge >= 0.3 is 0 Å². The summed E-state index contributed by atoms with van der Waals surface area (Å²) < 4.78 is 1.68. The lowest BCUT2D eigenvalue weighted by Gasteiger charge is -2.17. The molecule has 80 valence electrons. The van der Waals surface area contributed by atoms with Crippen molar-refractivity contribution in [2.75, 3.05) is 0 Å². The largest absolute Gasteiger partial charge is 0.390 e. The number of hydrogen-bond donors (Lipinski definition) is 2. The molecule has 0 aliphatic carbocycles. The maximum absolute atomic E-state index is 8.79. The number of nitrogens with zero attached hydrogens (tertiary/aromatic N) is 3. The molecule has 2 atom stereocenters. The van der Waals surface area contributed by atoms with Gasteiger partial charge in [0.2, 0.25) is 0 Å². The average Bonchev–Trinajstić information content (AvgIpc) is 2.64. The highest BCUT2D eigenvalue weighted by molar-refractivity contribution is 4.89. The molecule has 1 rings (SSSR count). The molecule has 0 aromatic carbocycles. The number of aliphatic hydroxyl groups is 1. The zero-order valence-electron chi connectivity index (χ0n) is 8.72. The highest BCUT2D eigenvalue weighted by Crippen LogP contribution is 2.07. The molecule has 0 saturated heterocycles. The summed E-state index contributed by atoms with van der Waals surface area (Å²) in [5.41, 5.74) is 6.54. The van der Waals surface area contributed by atoms with Crippen molar-refractivity contribution in [1.29, 1.82) is 0 Å². The minimum atomic E-state index is -0.0709. The van der Waals surface area contributed by atoms with E-state index in [1.165, 1.54) is 0 Å². The van der Waals surface area contributed by atoms with Crippen molar-refractivity contribution in [2.24, 2.45) is 11.7 Å². The molecule has 0 radical (unpaired) electrons. The second kappa shape index (κ2) is 5.07. The molecule has 0 saturated carbocycles. The number of nitrogens with two attached hydrogens (primary N) is 1. The van der Waals surface area contributed by atoms with E-state index in [1.54, 1.807) is 10.9 Å². The third kappa shape index (κ3) is 2.78. The van der Waals surface area contributed by atoms with E-state index in [2.05, 4.69) is 24.2 Å². The van der Waals surface area contributed by atoms with Crippen LogP contribution < -0.4 is 5.73 Å². The van der Waals surface area contributed by atoms with Crippen LogP contribution >= 0.6 is 0 Å². The average molecular weight is 198 g/mol. The summed E-state index contributed by atoms with van der Waals surface area (Å²) in [5.74, 6) is 0.469. The maximum Gasteiger partial charge on any atom is 0.108 e. The first-order chi connectivity index (χ1) is 6.67. The van der Waals surface area contributed by atoms with Gasteiger partial charge < -0.3 is 10.8 Å². The maximum atomic E-state index is 8.79. The van der Waals surface area contributed by atoms with Crippen LogP contribution in [-0.4, -0.2) is 26.1 Å². The Bertz CT molecular complexity index is 274. The van der Waals surface area contributed by atoms with Crippen LogP contribution in [0.4, 0.5) is 0 Å². The number of rotatable bonds is 5. The molecule has 14 heavy (non-hydrogen) atoms. The minimum absolute atomic E-state index is 0.0709. The molecule has 3 N–H and O–H groups in total. The van der Waals surface area contributed by atoms with Crippen molar-refractivity contribution in [3.8, 4) is 0 Å². The second-order valence-electron chi connectivity index (χ2n) is 3.64. The summed E-state index contributed by atoms with van der Waals surface area (Å²) >= 11 is 0. The summed E-state index contributed by atoms with van der Waals surface area (Å²) in [6.45, 7) is 4.82. The van der Waals surface area contributed by atoms with Crippen LogP contribution in [0.15, 0.2) is 6.20 Å². The highest BCUT2D eigenvalue weighted by Gasteiger charge is 2.12. The molecular formula is C9H18N4O. The smallest absolute Gasteiger partial charge is 0.108 e. The molecule has 0 fully saturated rings. The first-order valence-electron chi connectivity index (χ1n) is 4.92. The fraction of sp³-hybridized carbons (Fsp3) is 0.778. The Morgan fingerprint density at radius 3 is 2.86 bits per heavy atom. The predicted octanol–water partition coefficient (Wildman–Crippen LogP) is 0.144. The molecule has 0 aliphatic heterocycles. The number of hydrogen-bond acceptors (Lipinski definition) is 4. The van der Waals surface area contributed by atoms with Crippen LogP contribution in [0.25, 0.3) is 0 Å². The number of aliphatic hydroxyl groups excluding tert-OH is 1. The van der Waals surface area contributed by atoms with E-state index in [-0.39, 0.29) is 12.6 Å². The van der Waals surface area contributed by atoms with Gasteiger partial charge in [0, 0.05) is 6.04 Å². The van der Waals surface area contributed by atoms with E-state index in [9.17, 15) is 0 Å². The molecule has 5 nitrogen and oxygen atoms in total. The topological polar surface area (TPSA) is 77.0 Å². The zero-order chi connectivity index (χ0) is 10.6. The van der Waals surface area contributed by atoms with Gasteiger partial charge in [0.05, 0.1) is 19.3 Å². The SMILES string of the molecule is CCC(C)C(N)Cn1cc(CO)nn1. The molecule has 0 bridgehead atoms. The van der Waals surface area contributed by atoms with Crippen LogP contribution in [0, 0.1) is 5.92 Å². The van der Waals surface area contributed by atoms with E-state index in [4.69, 9.17) is 10.8 Å². The summed E-state index contributed by atoms with van der Waals surface area (Å²) in [4.78, 5) is 0. The van der Waals surface area contributed by atoms with Crippen molar-refractivity contribution >= 4 is 0 Å². The van der Waals surface area contributed by atoms with Crippen LogP contribution in [0.3, 0.4) is 0 Å². The fourth-order valence-electron chi connectivity index (χ4n) is 1.20. The molecular weight excluding hydrogens is 180 g/mol. The van der Waals surface area contributed by atoms with E-state index in [0.717, 1.165) is 6.42 Å². The molecule has 5 heteroatoms. The summed E-state index contributed by atoms with van der Waals surface area (Å²) in [5, 5.41) is 16.4. The van der Waals surface area contributed by atoms with Gasteiger partial charge in [0.1, 0.15) is 5.69 Å². The van der Waals surface area contributed by atoms with Gasteiger partial charge in [-0.05, 0) is 5.92 Å². The normalized spacial score (nSPS) is 15.4. The minimum Gasteiger partial charge on any atom is -0.390 e. The van der Waals surface area contributed by atoms with E-state index in [1.807, 2.05) is 0 Å². The molecule has 1 heterocycles. The Kier molecular flexibility index (Phi) is 4.03. The first kappa shape index (κ1) is 11.1. The van der Waals surface area contributed by atoms with E-state index >= 15 is 0 Å². The number of aromatic nitrogens is 3. The van der Waals surface area contributed by atoms with Crippen molar-refractivity contribution in [2.45, 2.75) is 39.5 Å². The summed E-state index contributed by atoms with van der Waals surface area (Å²) in [6, 6.07) is 0.0910. The van der Waals surface area contributed by atoms with Crippen LogP contribution in [0.1, 0.15) is 26.0 Å². The fourth-order valence-corrected chi connectivity index (χ4v) is 1.20. The lowest BCUT2D eigenvalue weighted by atomic mass is 10.0. The third-order valence-electron chi connectivity index (χ3n) is 2.52. The van der Waals surface area contributed by atoms with Crippen molar-refractivity contribution in [3.63, 3.8) is 0 Å². The first-order valence-corrected chi connectivity index (χ1v) is 4.92. The Hall–Kier alpha value is -0.940. The monoisotopic (exact) mass is 198 g/mol. The predicted molar refractivity (Wildman–Crippen MR) is 53.4 cm³/mol. The Morgan fingerprint density at radius 2 is 2.36 bits per heavy atom. The van der Waals surface area contributed by atoms with E-state index in [0.29, 0.717) is 18.2 Å². The molecule has 0 aliphatic rings. The van der Waals surface area contributed by atoms with Crippen molar-refractivity contribution < 1.29 is 5.11 Å². The van der Waals surface area contributed by atoms with Gasteiger partial charge in [-0.15, -0.1) is 5.10 Å². The van der Waals surface area contributed by atoms with Gasteiger partial charge in [-0.1, -0.05) is 25.5 Å². The van der Waals surface area contributed by atoms with Crippen LogP contribution in [0.5, 0.6) is 0 Å². The van der Waals surface area contributed by atoms with Crippen molar-refractivity contribution in [1.82, 2.24) is 15.0 Å². The standard InChI is InChI=1S/C9H18N4O/c1-3-7(2)9(10)5-13-4-8(6-14)11-12-13/h4,7,9,14H,3,5-6,10H2,1-2H3. The third-order valence-corrected chi connectivity index (χ3v) is 2.52. The lowest BCUT2D eigenvalue weighted by Crippen LogP contribution is -2.32. The lowest BCUT2D eigenvalue weighted by molar-refractivity contribution is 0.276. The zero-order valence-corrected chi connectivity index (χ0v) is 8.72. The van der Waals surface area contributed by atoms with Crippen LogP contribution in [0.2, 0.25) is 0 Å². The van der Waals surface area contributed by atoms with Gasteiger partial charge in [0.15, 0.2) is 0 Å². The molecule has 2 unspecified atom stereocenters. The van der Waals surface area contributed by atoms with Crippen molar-refractivity contribution in [3.05, 3.63) is 11.9 Å². The molecule has 0 amide bonds. The van der Waals surface area contributed by atoms with Crippen LogP contribution in [-0.2, 0) is 13.2 Å². The molecule has 0 spiro atoms. The van der Waals surface area contributed by atoms with Gasteiger partial charge in [-0.2, -0.15) is 0 Å².